The average molecular weight is 310 g/mol. The molecule has 0 bridgehead atoms. The zero-order chi connectivity index (χ0) is 12.1. The van der Waals surface area contributed by atoms with Crippen LogP contribution >= 0.6 is 27.7 Å². The molecule has 0 unspecified atom stereocenters. The van der Waals surface area contributed by atoms with Crippen LogP contribution in [0.1, 0.15) is 5.56 Å². The Labute approximate surface area is 114 Å². The molecule has 0 amide bonds. The molecule has 0 saturated heterocycles. The predicted octanol–water partition coefficient (Wildman–Crippen LogP) is 4.15. The highest BCUT2D eigenvalue weighted by Crippen LogP contribution is 2.25. The van der Waals surface area contributed by atoms with Gasteiger partial charge in [0.05, 0.1) is 7.11 Å². The van der Waals surface area contributed by atoms with Gasteiger partial charge in [-0.1, -0.05) is 0 Å². The normalized spacial score (nSPS) is 10.2. The lowest BCUT2D eigenvalue weighted by molar-refractivity contribution is 0.414. The molecule has 2 rings (SSSR count). The van der Waals surface area contributed by atoms with Crippen molar-refractivity contribution >= 4 is 27.7 Å². The molecule has 1 aromatic heterocycles. The molecule has 88 valence electrons. The zero-order valence-electron chi connectivity index (χ0n) is 9.39. The van der Waals surface area contributed by atoms with E-state index < -0.39 is 0 Å². The van der Waals surface area contributed by atoms with E-state index in [1.165, 1.54) is 10.5 Å². The molecule has 17 heavy (non-hydrogen) atoms. The van der Waals surface area contributed by atoms with Crippen LogP contribution in [0.25, 0.3) is 0 Å². The van der Waals surface area contributed by atoms with Crippen molar-refractivity contribution in [3.05, 3.63) is 52.8 Å². The summed E-state index contributed by atoms with van der Waals surface area (Å²) in [6.07, 6.45) is 3.68. The van der Waals surface area contributed by atoms with Gasteiger partial charge in [0.1, 0.15) is 5.75 Å². The Morgan fingerprint density at radius 2 is 2.00 bits per heavy atom. The molecule has 1 aromatic carbocycles. The summed E-state index contributed by atoms with van der Waals surface area (Å²) in [4.78, 5) is 5.37. The standard InChI is InChI=1S/C13H12BrNOS/c1-16-12-2-4-13(5-3-12)17-9-10-6-11(14)8-15-7-10/h2-8H,9H2,1H3. The molecule has 0 radical (unpaired) electrons. The Hall–Kier alpha value is -1.00. The highest BCUT2D eigenvalue weighted by atomic mass is 79.9. The van der Waals surface area contributed by atoms with E-state index in [-0.39, 0.29) is 0 Å². The van der Waals surface area contributed by atoms with Crippen molar-refractivity contribution in [2.45, 2.75) is 10.6 Å². The number of rotatable bonds is 4. The Morgan fingerprint density at radius 1 is 1.24 bits per heavy atom. The van der Waals surface area contributed by atoms with Crippen molar-refractivity contribution in [2.24, 2.45) is 0 Å². The summed E-state index contributed by atoms with van der Waals surface area (Å²) in [6, 6.07) is 10.2. The summed E-state index contributed by atoms with van der Waals surface area (Å²) in [5.74, 6) is 1.80. The van der Waals surface area contributed by atoms with Crippen molar-refractivity contribution in [3.8, 4) is 5.75 Å². The van der Waals surface area contributed by atoms with Gasteiger partial charge < -0.3 is 4.74 Å². The zero-order valence-corrected chi connectivity index (χ0v) is 11.8. The van der Waals surface area contributed by atoms with E-state index in [9.17, 15) is 0 Å². The summed E-state index contributed by atoms with van der Waals surface area (Å²) in [7, 11) is 1.68. The van der Waals surface area contributed by atoms with Gasteiger partial charge in [0, 0.05) is 27.5 Å². The van der Waals surface area contributed by atoms with Gasteiger partial charge in [0.15, 0.2) is 0 Å². The van der Waals surface area contributed by atoms with Crippen LogP contribution in [0.15, 0.2) is 52.1 Å². The molecule has 2 nitrogen and oxygen atoms in total. The summed E-state index contributed by atoms with van der Waals surface area (Å²) in [5, 5.41) is 0. The molecular formula is C13H12BrNOS. The first-order valence-corrected chi connectivity index (χ1v) is 6.92. The van der Waals surface area contributed by atoms with Crippen LogP contribution in [0.5, 0.6) is 5.75 Å². The first kappa shape index (κ1) is 12.5. The minimum absolute atomic E-state index is 0.887. The summed E-state index contributed by atoms with van der Waals surface area (Å²) in [5.41, 5.74) is 1.21. The van der Waals surface area contributed by atoms with Crippen LogP contribution in [-0.2, 0) is 5.75 Å². The number of ether oxygens (including phenoxy) is 1. The van der Waals surface area contributed by atoms with E-state index in [1.807, 2.05) is 18.3 Å². The topological polar surface area (TPSA) is 22.1 Å². The van der Waals surface area contributed by atoms with Crippen molar-refractivity contribution in [3.63, 3.8) is 0 Å². The molecule has 0 aliphatic carbocycles. The van der Waals surface area contributed by atoms with Gasteiger partial charge in [0.25, 0.3) is 0 Å². The average Bonchev–Trinajstić information content (AvgIpc) is 2.37. The third-order valence-electron chi connectivity index (χ3n) is 2.23. The molecule has 0 spiro atoms. The minimum atomic E-state index is 0.887. The third kappa shape index (κ3) is 3.75. The predicted molar refractivity (Wildman–Crippen MR) is 74.5 cm³/mol. The number of pyridine rings is 1. The van der Waals surface area contributed by atoms with Gasteiger partial charge >= 0.3 is 0 Å². The van der Waals surface area contributed by atoms with Gasteiger partial charge in [-0.05, 0) is 51.8 Å². The molecular weight excluding hydrogens is 298 g/mol. The van der Waals surface area contributed by atoms with Crippen molar-refractivity contribution in [1.82, 2.24) is 4.98 Å². The van der Waals surface area contributed by atoms with E-state index in [4.69, 9.17) is 4.74 Å². The van der Waals surface area contributed by atoms with Gasteiger partial charge in [0.2, 0.25) is 0 Å². The number of halogens is 1. The lowest BCUT2D eigenvalue weighted by atomic mass is 10.3. The first-order chi connectivity index (χ1) is 8.28. The van der Waals surface area contributed by atoms with Gasteiger partial charge in [-0.25, -0.2) is 0 Å². The fraction of sp³-hybridized carbons (Fsp3) is 0.154. The highest BCUT2D eigenvalue weighted by Gasteiger charge is 1.98. The van der Waals surface area contributed by atoms with E-state index in [0.717, 1.165) is 16.0 Å². The Bertz CT molecular complexity index is 487. The second kappa shape index (κ2) is 6.07. The van der Waals surface area contributed by atoms with E-state index in [0.29, 0.717) is 0 Å². The number of thioether (sulfide) groups is 1. The molecule has 0 saturated carbocycles. The molecule has 0 aliphatic heterocycles. The van der Waals surface area contributed by atoms with Gasteiger partial charge in [-0.15, -0.1) is 11.8 Å². The van der Waals surface area contributed by atoms with E-state index in [2.05, 4.69) is 39.1 Å². The number of benzene rings is 1. The van der Waals surface area contributed by atoms with Crippen molar-refractivity contribution in [1.29, 1.82) is 0 Å². The fourth-order valence-corrected chi connectivity index (χ4v) is 2.61. The third-order valence-corrected chi connectivity index (χ3v) is 3.74. The highest BCUT2D eigenvalue weighted by molar-refractivity contribution is 9.10. The van der Waals surface area contributed by atoms with Crippen molar-refractivity contribution in [2.75, 3.05) is 7.11 Å². The molecule has 4 heteroatoms. The summed E-state index contributed by atoms with van der Waals surface area (Å²) >= 11 is 5.20. The van der Waals surface area contributed by atoms with Crippen LogP contribution in [-0.4, -0.2) is 12.1 Å². The number of hydrogen-bond donors (Lipinski definition) is 0. The molecule has 0 N–H and O–H groups in total. The molecule has 1 heterocycles. The molecule has 0 aliphatic rings. The second-order valence-corrected chi connectivity index (χ2v) is 5.44. The fourth-order valence-electron chi connectivity index (χ4n) is 1.37. The van der Waals surface area contributed by atoms with E-state index >= 15 is 0 Å². The van der Waals surface area contributed by atoms with Crippen LogP contribution in [0.3, 0.4) is 0 Å². The molecule has 0 fully saturated rings. The maximum absolute atomic E-state index is 5.12. The Morgan fingerprint density at radius 3 is 2.65 bits per heavy atom. The number of nitrogens with zero attached hydrogens (tertiary/aromatic N) is 1. The summed E-state index contributed by atoms with van der Waals surface area (Å²) in [6.45, 7) is 0. The van der Waals surface area contributed by atoms with Crippen LogP contribution < -0.4 is 4.74 Å². The maximum Gasteiger partial charge on any atom is 0.118 e. The number of hydrogen-bond acceptors (Lipinski definition) is 3. The maximum atomic E-state index is 5.12. The lowest BCUT2D eigenvalue weighted by Gasteiger charge is -2.03. The second-order valence-electron chi connectivity index (χ2n) is 3.48. The SMILES string of the molecule is COc1ccc(SCc2cncc(Br)c2)cc1. The number of methoxy groups -OCH3 is 1. The monoisotopic (exact) mass is 309 g/mol. The lowest BCUT2D eigenvalue weighted by Crippen LogP contribution is -1.84. The minimum Gasteiger partial charge on any atom is -0.497 e. The number of aromatic nitrogens is 1. The van der Waals surface area contributed by atoms with Gasteiger partial charge in [-0.3, -0.25) is 4.98 Å². The molecule has 2 aromatic rings. The smallest absolute Gasteiger partial charge is 0.118 e. The Balaban J connectivity index is 1.97. The quantitative estimate of drug-likeness (QED) is 0.792. The van der Waals surface area contributed by atoms with Crippen LogP contribution in [0, 0.1) is 0 Å². The molecule has 0 atom stereocenters. The van der Waals surface area contributed by atoms with Crippen LogP contribution in [0.4, 0.5) is 0 Å². The largest absolute Gasteiger partial charge is 0.497 e. The first-order valence-electron chi connectivity index (χ1n) is 5.14. The summed E-state index contributed by atoms with van der Waals surface area (Å²) < 4.78 is 6.14. The van der Waals surface area contributed by atoms with E-state index in [1.54, 1.807) is 25.1 Å². The Kier molecular flexibility index (Phi) is 4.45. The van der Waals surface area contributed by atoms with Crippen LogP contribution in [0.2, 0.25) is 0 Å². The van der Waals surface area contributed by atoms with Crippen molar-refractivity contribution < 1.29 is 4.74 Å². The van der Waals surface area contributed by atoms with Gasteiger partial charge in [-0.2, -0.15) is 0 Å².